The maximum absolute atomic E-state index is 12.8. The third kappa shape index (κ3) is 5.59. The van der Waals surface area contributed by atoms with E-state index in [1.807, 2.05) is 31.2 Å². The van der Waals surface area contributed by atoms with Gasteiger partial charge in [0, 0.05) is 29.2 Å². The summed E-state index contributed by atoms with van der Waals surface area (Å²) in [6.45, 7) is 2.80. The minimum absolute atomic E-state index is 0.0300. The maximum Gasteiger partial charge on any atom is 0.257 e. The smallest absolute Gasteiger partial charge is 0.257 e. The lowest BCUT2D eigenvalue weighted by molar-refractivity contribution is 0.102. The SMILES string of the molecule is COc1ccc(-c2nc(NC(=O)c3cccc(S(=O)(=O)NCC4CCCO4)c3)sc2C)cc1. The molecule has 4 rings (SSSR count). The number of carbonyl (C=O) groups is 1. The molecule has 1 fully saturated rings. The summed E-state index contributed by atoms with van der Waals surface area (Å²) in [6, 6.07) is 13.5. The first kappa shape index (κ1) is 23.4. The number of thiazole rings is 1. The predicted molar refractivity (Wildman–Crippen MR) is 127 cm³/mol. The van der Waals surface area contributed by atoms with Crippen LogP contribution >= 0.6 is 11.3 Å². The van der Waals surface area contributed by atoms with E-state index in [-0.39, 0.29) is 23.1 Å². The molecule has 0 bridgehead atoms. The standard InChI is InChI=1S/C23H25N3O5S2/c1-15-21(16-8-10-18(30-2)11-9-16)25-23(32-15)26-22(27)17-5-3-7-20(13-17)33(28,29)24-14-19-6-4-12-31-19/h3,5,7-11,13,19,24H,4,6,12,14H2,1-2H3,(H,25,26,27). The Morgan fingerprint density at radius 3 is 2.73 bits per heavy atom. The van der Waals surface area contributed by atoms with Gasteiger partial charge in [-0.25, -0.2) is 18.1 Å². The molecular formula is C23H25N3O5S2. The summed E-state index contributed by atoms with van der Waals surface area (Å²) < 4.78 is 38.5. The Hall–Kier alpha value is -2.79. The van der Waals surface area contributed by atoms with Crippen LogP contribution in [0.1, 0.15) is 28.1 Å². The van der Waals surface area contributed by atoms with Crippen molar-refractivity contribution in [2.45, 2.75) is 30.8 Å². The number of nitrogens with zero attached hydrogens (tertiary/aromatic N) is 1. The van der Waals surface area contributed by atoms with Crippen LogP contribution in [-0.2, 0) is 14.8 Å². The van der Waals surface area contributed by atoms with Crippen molar-refractivity contribution in [1.29, 1.82) is 0 Å². The molecule has 1 amide bonds. The van der Waals surface area contributed by atoms with Crippen molar-refractivity contribution in [3.05, 3.63) is 59.0 Å². The van der Waals surface area contributed by atoms with Gasteiger partial charge in [-0.05, 0) is 62.2 Å². The van der Waals surface area contributed by atoms with Crippen LogP contribution < -0.4 is 14.8 Å². The van der Waals surface area contributed by atoms with Gasteiger partial charge in [0.05, 0.1) is 23.8 Å². The molecule has 1 atom stereocenters. The fourth-order valence-corrected chi connectivity index (χ4v) is 5.47. The Bertz CT molecular complexity index is 1230. The molecule has 1 saturated heterocycles. The minimum Gasteiger partial charge on any atom is -0.497 e. The molecule has 8 nitrogen and oxygen atoms in total. The van der Waals surface area contributed by atoms with Gasteiger partial charge < -0.3 is 9.47 Å². The van der Waals surface area contributed by atoms with Crippen molar-refractivity contribution >= 4 is 32.4 Å². The quantitative estimate of drug-likeness (QED) is 0.500. The minimum atomic E-state index is -3.75. The topological polar surface area (TPSA) is 107 Å². The second-order valence-corrected chi connectivity index (χ2v) is 10.6. The summed E-state index contributed by atoms with van der Waals surface area (Å²) in [4.78, 5) is 18.3. The number of aromatic nitrogens is 1. The number of methoxy groups -OCH3 is 1. The number of nitrogens with one attached hydrogen (secondary N) is 2. The van der Waals surface area contributed by atoms with Crippen LogP contribution in [0.15, 0.2) is 53.4 Å². The van der Waals surface area contributed by atoms with Crippen LogP contribution in [0.2, 0.25) is 0 Å². The van der Waals surface area contributed by atoms with Gasteiger partial charge in [-0.3, -0.25) is 10.1 Å². The van der Waals surface area contributed by atoms with E-state index in [4.69, 9.17) is 9.47 Å². The van der Waals surface area contributed by atoms with E-state index in [0.717, 1.165) is 34.7 Å². The molecule has 1 aliphatic heterocycles. The molecule has 0 spiro atoms. The van der Waals surface area contributed by atoms with Crippen molar-refractivity contribution in [2.24, 2.45) is 0 Å². The highest BCUT2D eigenvalue weighted by Crippen LogP contribution is 2.31. The number of rotatable bonds is 8. The highest BCUT2D eigenvalue weighted by Gasteiger charge is 2.21. The molecule has 1 unspecified atom stereocenters. The number of sulfonamides is 1. The molecule has 1 aliphatic rings. The number of hydrogen-bond acceptors (Lipinski definition) is 7. The number of hydrogen-bond donors (Lipinski definition) is 2. The second-order valence-electron chi connectivity index (χ2n) is 7.62. The van der Waals surface area contributed by atoms with Gasteiger partial charge in [-0.15, -0.1) is 11.3 Å². The van der Waals surface area contributed by atoms with Crippen molar-refractivity contribution in [2.75, 3.05) is 25.6 Å². The molecule has 2 heterocycles. The third-order valence-corrected chi connectivity index (χ3v) is 7.62. The number of carbonyl (C=O) groups excluding carboxylic acids is 1. The number of aryl methyl sites for hydroxylation is 1. The fourth-order valence-electron chi connectivity index (χ4n) is 3.53. The van der Waals surface area contributed by atoms with E-state index in [9.17, 15) is 13.2 Å². The summed E-state index contributed by atoms with van der Waals surface area (Å²) in [7, 11) is -2.15. The lowest BCUT2D eigenvalue weighted by Gasteiger charge is -2.12. The largest absolute Gasteiger partial charge is 0.497 e. The van der Waals surface area contributed by atoms with Crippen LogP contribution in [0.4, 0.5) is 5.13 Å². The summed E-state index contributed by atoms with van der Waals surface area (Å²) in [5.74, 6) is 0.321. The van der Waals surface area contributed by atoms with Crippen LogP contribution in [-0.4, -0.2) is 45.7 Å². The van der Waals surface area contributed by atoms with E-state index >= 15 is 0 Å². The third-order valence-electron chi connectivity index (χ3n) is 5.31. The molecular weight excluding hydrogens is 462 g/mol. The van der Waals surface area contributed by atoms with Crippen LogP contribution in [0.3, 0.4) is 0 Å². The van der Waals surface area contributed by atoms with E-state index in [0.29, 0.717) is 11.7 Å². The van der Waals surface area contributed by atoms with Gasteiger partial charge >= 0.3 is 0 Å². The maximum atomic E-state index is 12.8. The van der Waals surface area contributed by atoms with Gasteiger partial charge in [-0.1, -0.05) is 6.07 Å². The molecule has 0 aliphatic carbocycles. The molecule has 0 radical (unpaired) electrons. The van der Waals surface area contributed by atoms with E-state index in [1.165, 1.54) is 23.5 Å². The van der Waals surface area contributed by atoms with Crippen molar-refractivity contribution < 1.29 is 22.7 Å². The van der Waals surface area contributed by atoms with Crippen molar-refractivity contribution in [3.8, 4) is 17.0 Å². The fraction of sp³-hybridized carbons (Fsp3) is 0.304. The Morgan fingerprint density at radius 2 is 2.03 bits per heavy atom. The molecule has 2 N–H and O–H groups in total. The van der Waals surface area contributed by atoms with Gasteiger partial charge in [0.15, 0.2) is 5.13 Å². The van der Waals surface area contributed by atoms with Gasteiger partial charge in [0.25, 0.3) is 5.91 Å². The molecule has 10 heteroatoms. The van der Waals surface area contributed by atoms with E-state index in [2.05, 4.69) is 15.0 Å². The zero-order valence-corrected chi connectivity index (χ0v) is 20.0. The second kappa shape index (κ2) is 10.0. The van der Waals surface area contributed by atoms with Gasteiger partial charge in [0.2, 0.25) is 10.0 Å². The first-order valence-electron chi connectivity index (χ1n) is 10.5. The van der Waals surface area contributed by atoms with Crippen molar-refractivity contribution in [1.82, 2.24) is 9.71 Å². The van der Waals surface area contributed by atoms with Crippen LogP contribution in [0, 0.1) is 6.92 Å². The molecule has 174 valence electrons. The van der Waals surface area contributed by atoms with Crippen LogP contribution in [0.25, 0.3) is 11.3 Å². The average Bonchev–Trinajstić information content (AvgIpc) is 3.47. The normalized spacial score (nSPS) is 16.0. The predicted octanol–water partition coefficient (Wildman–Crippen LogP) is 3.84. The highest BCUT2D eigenvalue weighted by molar-refractivity contribution is 7.89. The van der Waals surface area contributed by atoms with Gasteiger partial charge in [0.1, 0.15) is 5.75 Å². The molecule has 3 aromatic rings. The number of anilines is 1. The lowest BCUT2D eigenvalue weighted by Crippen LogP contribution is -2.32. The Morgan fingerprint density at radius 1 is 1.24 bits per heavy atom. The Balaban J connectivity index is 1.46. The summed E-state index contributed by atoms with van der Waals surface area (Å²) in [6.07, 6.45) is 1.65. The highest BCUT2D eigenvalue weighted by atomic mass is 32.2. The van der Waals surface area contributed by atoms with Crippen molar-refractivity contribution in [3.63, 3.8) is 0 Å². The number of ether oxygens (including phenoxy) is 2. The lowest BCUT2D eigenvalue weighted by atomic mass is 10.1. The average molecular weight is 488 g/mol. The first-order chi connectivity index (χ1) is 15.9. The zero-order valence-electron chi connectivity index (χ0n) is 18.3. The van der Waals surface area contributed by atoms with E-state index in [1.54, 1.807) is 19.2 Å². The van der Waals surface area contributed by atoms with Crippen LogP contribution in [0.5, 0.6) is 5.75 Å². The molecule has 2 aromatic carbocycles. The number of amides is 1. The van der Waals surface area contributed by atoms with E-state index < -0.39 is 15.9 Å². The molecule has 0 saturated carbocycles. The monoisotopic (exact) mass is 487 g/mol. The molecule has 1 aromatic heterocycles. The number of benzene rings is 2. The summed E-state index contributed by atoms with van der Waals surface area (Å²) in [5, 5.41) is 3.21. The summed E-state index contributed by atoms with van der Waals surface area (Å²) in [5.41, 5.74) is 1.91. The molecule has 33 heavy (non-hydrogen) atoms. The summed E-state index contributed by atoms with van der Waals surface area (Å²) >= 11 is 1.36. The zero-order chi connectivity index (χ0) is 23.4. The Kier molecular flexibility index (Phi) is 7.08. The Labute approximate surface area is 197 Å². The first-order valence-corrected chi connectivity index (χ1v) is 12.8. The van der Waals surface area contributed by atoms with Gasteiger partial charge in [-0.2, -0.15) is 0 Å².